The first kappa shape index (κ1) is 12.1. The third kappa shape index (κ3) is 8.17. The average Bonchev–Trinajstić information content (AvgIpc) is 2.09. The minimum Gasteiger partial charge on any atom is -0.382 e. The Morgan fingerprint density at radius 2 is 2.00 bits per heavy atom. The second-order valence-corrected chi connectivity index (χ2v) is 4.24. The SMILES string of the molecule is CCOCCCS(=O)CCCN. The standard InChI is InChI=1S/C8H19NO2S/c1-2-11-6-4-8-12(10)7-3-5-9/h2-9H2,1H3. The quantitative estimate of drug-likeness (QED) is 0.571. The van der Waals surface area contributed by atoms with Crippen molar-refractivity contribution in [2.24, 2.45) is 5.73 Å². The third-order valence-electron chi connectivity index (χ3n) is 1.44. The van der Waals surface area contributed by atoms with E-state index in [1.807, 2.05) is 6.92 Å². The summed E-state index contributed by atoms with van der Waals surface area (Å²) in [5.74, 6) is 1.49. The molecule has 3 nitrogen and oxygen atoms in total. The highest BCUT2D eigenvalue weighted by Crippen LogP contribution is 1.91. The zero-order chi connectivity index (χ0) is 9.23. The lowest BCUT2D eigenvalue weighted by atomic mass is 10.5. The molecule has 0 radical (unpaired) electrons. The molecule has 0 saturated heterocycles. The predicted octanol–water partition coefficient (Wildman–Crippen LogP) is 0.511. The lowest BCUT2D eigenvalue weighted by Crippen LogP contribution is -2.09. The molecule has 0 aliphatic carbocycles. The summed E-state index contributed by atoms with van der Waals surface area (Å²) in [5.41, 5.74) is 5.29. The number of rotatable bonds is 8. The van der Waals surface area contributed by atoms with E-state index in [2.05, 4.69) is 0 Å². The number of nitrogens with two attached hydrogens (primary N) is 1. The van der Waals surface area contributed by atoms with Crippen molar-refractivity contribution in [3.63, 3.8) is 0 Å². The van der Waals surface area contributed by atoms with Crippen LogP contribution < -0.4 is 5.73 Å². The molecule has 0 aromatic heterocycles. The van der Waals surface area contributed by atoms with Crippen molar-refractivity contribution in [3.8, 4) is 0 Å². The maximum Gasteiger partial charge on any atom is 0.0474 e. The lowest BCUT2D eigenvalue weighted by Gasteiger charge is -2.01. The van der Waals surface area contributed by atoms with E-state index in [1.165, 1.54) is 0 Å². The van der Waals surface area contributed by atoms with Gasteiger partial charge in [-0.2, -0.15) is 0 Å². The van der Waals surface area contributed by atoms with Gasteiger partial charge in [0.15, 0.2) is 0 Å². The first-order valence-corrected chi connectivity index (χ1v) is 5.92. The van der Waals surface area contributed by atoms with E-state index >= 15 is 0 Å². The summed E-state index contributed by atoms with van der Waals surface area (Å²) >= 11 is 0. The predicted molar refractivity (Wildman–Crippen MR) is 52.7 cm³/mol. The van der Waals surface area contributed by atoms with Crippen LogP contribution in [0.15, 0.2) is 0 Å². The van der Waals surface area contributed by atoms with Crippen LogP contribution in [0.2, 0.25) is 0 Å². The van der Waals surface area contributed by atoms with Crippen LogP contribution in [0.1, 0.15) is 19.8 Å². The number of hydrogen-bond donors (Lipinski definition) is 1. The van der Waals surface area contributed by atoms with E-state index in [0.717, 1.165) is 37.6 Å². The molecular weight excluding hydrogens is 174 g/mol. The van der Waals surface area contributed by atoms with E-state index in [0.29, 0.717) is 6.54 Å². The summed E-state index contributed by atoms with van der Waals surface area (Å²) in [4.78, 5) is 0. The molecule has 74 valence electrons. The summed E-state index contributed by atoms with van der Waals surface area (Å²) in [6.45, 7) is 4.07. The zero-order valence-corrected chi connectivity index (χ0v) is 8.57. The average molecular weight is 193 g/mol. The monoisotopic (exact) mass is 193 g/mol. The second-order valence-electron chi connectivity index (χ2n) is 2.54. The van der Waals surface area contributed by atoms with Gasteiger partial charge in [-0.15, -0.1) is 0 Å². The van der Waals surface area contributed by atoms with Crippen LogP contribution in [0.3, 0.4) is 0 Å². The summed E-state index contributed by atoms with van der Waals surface area (Å²) in [7, 11) is -0.683. The molecule has 0 fully saturated rings. The Labute approximate surface area is 77.1 Å². The van der Waals surface area contributed by atoms with Gasteiger partial charge in [0, 0.05) is 35.5 Å². The van der Waals surface area contributed by atoms with Gasteiger partial charge in [-0.1, -0.05) is 0 Å². The van der Waals surface area contributed by atoms with E-state index in [-0.39, 0.29) is 0 Å². The summed E-state index contributed by atoms with van der Waals surface area (Å²) in [6, 6.07) is 0. The van der Waals surface area contributed by atoms with Gasteiger partial charge in [0.05, 0.1) is 0 Å². The second kappa shape index (κ2) is 9.16. The summed E-state index contributed by atoms with van der Waals surface area (Å²) in [5, 5.41) is 0. The van der Waals surface area contributed by atoms with E-state index in [9.17, 15) is 4.21 Å². The summed E-state index contributed by atoms with van der Waals surface area (Å²) in [6.07, 6.45) is 1.76. The molecule has 0 saturated carbocycles. The Balaban J connectivity index is 3.08. The van der Waals surface area contributed by atoms with Gasteiger partial charge in [0.2, 0.25) is 0 Å². The third-order valence-corrected chi connectivity index (χ3v) is 2.93. The van der Waals surface area contributed by atoms with Gasteiger partial charge in [-0.3, -0.25) is 4.21 Å². The number of ether oxygens (including phenoxy) is 1. The fourth-order valence-corrected chi connectivity index (χ4v) is 1.95. The molecule has 0 heterocycles. The van der Waals surface area contributed by atoms with Crippen molar-refractivity contribution < 1.29 is 8.95 Å². The maximum absolute atomic E-state index is 11.2. The molecule has 0 aliphatic rings. The van der Waals surface area contributed by atoms with Crippen molar-refractivity contribution in [2.75, 3.05) is 31.3 Å². The molecule has 1 unspecified atom stereocenters. The molecule has 0 spiro atoms. The fourth-order valence-electron chi connectivity index (χ4n) is 0.813. The molecule has 1 atom stereocenters. The van der Waals surface area contributed by atoms with Gasteiger partial charge >= 0.3 is 0 Å². The van der Waals surface area contributed by atoms with Crippen molar-refractivity contribution in [3.05, 3.63) is 0 Å². The molecular formula is C8H19NO2S. The first-order valence-electron chi connectivity index (χ1n) is 4.44. The molecule has 2 N–H and O–H groups in total. The topological polar surface area (TPSA) is 52.3 Å². The van der Waals surface area contributed by atoms with Gasteiger partial charge in [0.25, 0.3) is 0 Å². The van der Waals surface area contributed by atoms with Crippen LogP contribution in [0, 0.1) is 0 Å². The van der Waals surface area contributed by atoms with Gasteiger partial charge < -0.3 is 10.5 Å². The highest BCUT2D eigenvalue weighted by molar-refractivity contribution is 7.84. The van der Waals surface area contributed by atoms with E-state index in [4.69, 9.17) is 10.5 Å². The molecule has 0 bridgehead atoms. The van der Waals surface area contributed by atoms with Crippen LogP contribution in [-0.4, -0.2) is 35.5 Å². The molecule has 0 aliphatic heterocycles. The van der Waals surface area contributed by atoms with E-state index < -0.39 is 10.8 Å². The minimum atomic E-state index is -0.683. The minimum absolute atomic E-state index is 0.636. The van der Waals surface area contributed by atoms with Crippen LogP contribution in [-0.2, 0) is 15.5 Å². The maximum atomic E-state index is 11.2. The zero-order valence-electron chi connectivity index (χ0n) is 7.75. The van der Waals surface area contributed by atoms with Gasteiger partial charge in [-0.25, -0.2) is 0 Å². The molecule has 0 aromatic carbocycles. The Morgan fingerprint density at radius 3 is 2.58 bits per heavy atom. The highest BCUT2D eigenvalue weighted by atomic mass is 32.2. The molecule has 4 heteroatoms. The van der Waals surface area contributed by atoms with Crippen molar-refractivity contribution in [2.45, 2.75) is 19.8 Å². The Morgan fingerprint density at radius 1 is 1.33 bits per heavy atom. The fraction of sp³-hybridized carbons (Fsp3) is 1.00. The first-order chi connectivity index (χ1) is 5.81. The molecule has 12 heavy (non-hydrogen) atoms. The van der Waals surface area contributed by atoms with Crippen LogP contribution in [0.5, 0.6) is 0 Å². The Bertz CT molecular complexity index is 120. The van der Waals surface area contributed by atoms with Crippen LogP contribution in [0.4, 0.5) is 0 Å². The number of hydrogen-bond acceptors (Lipinski definition) is 3. The van der Waals surface area contributed by atoms with Crippen molar-refractivity contribution in [1.29, 1.82) is 0 Å². The molecule has 0 amide bonds. The van der Waals surface area contributed by atoms with Crippen molar-refractivity contribution >= 4 is 10.8 Å². The smallest absolute Gasteiger partial charge is 0.0474 e. The van der Waals surface area contributed by atoms with E-state index in [1.54, 1.807) is 0 Å². The van der Waals surface area contributed by atoms with Gasteiger partial charge in [-0.05, 0) is 26.3 Å². The van der Waals surface area contributed by atoms with Crippen molar-refractivity contribution in [1.82, 2.24) is 0 Å². The van der Waals surface area contributed by atoms with Crippen LogP contribution >= 0.6 is 0 Å². The Hall–Kier alpha value is 0.0700. The largest absolute Gasteiger partial charge is 0.382 e. The molecule has 0 rings (SSSR count). The summed E-state index contributed by atoms with van der Waals surface area (Å²) < 4.78 is 16.3. The Kier molecular flexibility index (Phi) is 9.21. The van der Waals surface area contributed by atoms with Gasteiger partial charge in [0.1, 0.15) is 0 Å². The normalized spacial score (nSPS) is 13.2. The van der Waals surface area contributed by atoms with Crippen LogP contribution in [0.25, 0.3) is 0 Å². The lowest BCUT2D eigenvalue weighted by molar-refractivity contribution is 0.149. The highest BCUT2D eigenvalue weighted by Gasteiger charge is 1.97. The molecule has 0 aromatic rings.